The summed E-state index contributed by atoms with van der Waals surface area (Å²) >= 11 is 0. The molecular formula is C16H15N3O6. The lowest BCUT2D eigenvalue weighted by Crippen LogP contribution is -2.21. The molecule has 0 unspecified atom stereocenters. The van der Waals surface area contributed by atoms with Gasteiger partial charge in [0.25, 0.3) is 11.6 Å². The topological polar surface area (TPSA) is 135 Å². The van der Waals surface area contributed by atoms with Crippen LogP contribution in [0.25, 0.3) is 0 Å². The average Bonchev–Trinajstić information content (AvgIpc) is 2.51. The summed E-state index contributed by atoms with van der Waals surface area (Å²) in [6.45, 7) is 4.46. The van der Waals surface area contributed by atoms with Crippen LogP contribution in [0.4, 0.5) is 5.69 Å². The maximum atomic E-state index is 12.1. The van der Waals surface area contributed by atoms with Gasteiger partial charge in [-0.25, -0.2) is 10.2 Å². The van der Waals surface area contributed by atoms with Crippen LogP contribution >= 0.6 is 0 Å². The van der Waals surface area contributed by atoms with Crippen molar-refractivity contribution < 1.29 is 19.2 Å². The Morgan fingerprint density at radius 2 is 2.00 bits per heavy atom. The number of nitro groups is 1. The first-order chi connectivity index (χ1) is 11.7. The third kappa shape index (κ3) is 3.89. The Morgan fingerprint density at radius 1 is 1.32 bits per heavy atom. The highest BCUT2D eigenvalue weighted by Crippen LogP contribution is 2.19. The summed E-state index contributed by atoms with van der Waals surface area (Å²) in [4.78, 5) is 34.2. The molecule has 9 nitrogen and oxygen atoms in total. The molecule has 2 aromatic rings. The molecule has 25 heavy (non-hydrogen) atoms. The number of nitro benzene ring substituents is 1. The van der Waals surface area contributed by atoms with Crippen LogP contribution in [0.15, 0.2) is 38.6 Å². The van der Waals surface area contributed by atoms with Gasteiger partial charge in [-0.1, -0.05) is 6.07 Å². The van der Waals surface area contributed by atoms with Crippen molar-refractivity contribution >= 4 is 17.3 Å². The van der Waals surface area contributed by atoms with Gasteiger partial charge in [-0.05, 0) is 26.8 Å². The third-order valence-electron chi connectivity index (χ3n) is 3.41. The predicted molar refractivity (Wildman–Crippen MR) is 88.9 cm³/mol. The van der Waals surface area contributed by atoms with Gasteiger partial charge in [0.05, 0.1) is 10.6 Å². The number of amides is 1. The van der Waals surface area contributed by atoms with E-state index in [0.29, 0.717) is 5.56 Å². The SMILES string of the molecule is CC(=NNC(=O)c1ccc(C)c([N+](=O)[O-])c1)c1c(O)cc(C)oc1=O. The van der Waals surface area contributed by atoms with Gasteiger partial charge in [0.2, 0.25) is 0 Å². The number of hydrogen-bond acceptors (Lipinski definition) is 7. The van der Waals surface area contributed by atoms with Crippen molar-refractivity contribution in [1.82, 2.24) is 5.43 Å². The molecule has 0 saturated heterocycles. The number of nitrogens with one attached hydrogen (secondary N) is 1. The Bertz CT molecular complexity index is 945. The smallest absolute Gasteiger partial charge is 0.348 e. The van der Waals surface area contributed by atoms with Crippen LogP contribution in [0.1, 0.15) is 34.2 Å². The van der Waals surface area contributed by atoms with Gasteiger partial charge >= 0.3 is 5.63 Å². The molecule has 0 saturated carbocycles. The maximum absolute atomic E-state index is 12.1. The monoisotopic (exact) mass is 345 g/mol. The zero-order valence-corrected chi connectivity index (χ0v) is 13.7. The number of rotatable bonds is 4. The molecule has 2 rings (SSSR count). The Hall–Kier alpha value is -3.49. The highest BCUT2D eigenvalue weighted by molar-refractivity contribution is 6.02. The van der Waals surface area contributed by atoms with Crippen LogP contribution in [0.5, 0.6) is 5.75 Å². The fourth-order valence-corrected chi connectivity index (χ4v) is 2.13. The molecule has 0 radical (unpaired) electrons. The van der Waals surface area contributed by atoms with E-state index in [-0.39, 0.29) is 34.0 Å². The number of benzene rings is 1. The first-order valence-corrected chi connectivity index (χ1v) is 7.14. The summed E-state index contributed by atoms with van der Waals surface area (Å²) in [6.07, 6.45) is 0. The zero-order valence-electron chi connectivity index (χ0n) is 13.7. The fourth-order valence-electron chi connectivity index (χ4n) is 2.13. The van der Waals surface area contributed by atoms with Gasteiger partial charge in [0.1, 0.15) is 17.1 Å². The van der Waals surface area contributed by atoms with Gasteiger partial charge in [-0.3, -0.25) is 14.9 Å². The number of hydrogen-bond donors (Lipinski definition) is 2. The van der Waals surface area contributed by atoms with Crippen molar-refractivity contribution in [2.75, 3.05) is 0 Å². The van der Waals surface area contributed by atoms with Gasteiger partial charge < -0.3 is 9.52 Å². The molecule has 0 bridgehead atoms. The van der Waals surface area contributed by atoms with E-state index in [9.17, 15) is 24.8 Å². The van der Waals surface area contributed by atoms with Crippen LogP contribution in [-0.2, 0) is 0 Å². The molecule has 0 aliphatic carbocycles. The number of carbonyl (C=O) groups excluding carboxylic acids is 1. The summed E-state index contributed by atoms with van der Waals surface area (Å²) in [5.41, 5.74) is 1.51. The Kier molecular flexibility index (Phi) is 4.97. The van der Waals surface area contributed by atoms with E-state index in [0.717, 1.165) is 6.07 Å². The molecule has 1 aromatic heterocycles. The van der Waals surface area contributed by atoms with E-state index in [1.807, 2.05) is 0 Å². The van der Waals surface area contributed by atoms with Crippen molar-refractivity contribution in [3.05, 3.63) is 67.3 Å². The second kappa shape index (κ2) is 6.95. The third-order valence-corrected chi connectivity index (χ3v) is 3.41. The number of carbonyl (C=O) groups is 1. The second-order valence-electron chi connectivity index (χ2n) is 5.30. The molecule has 1 aromatic carbocycles. The normalized spacial score (nSPS) is 11.2. The number of hydrazone groups is 1. The molecule has 1 amide bonds. The number of nitrogens with zero attached hydrogens (tertiary/aromatic N) is 2. The van der Waals surface area contributed by atoms with Crippen LogP contribution < -0.4 is 11.1 Å². The minimum atomic E-state index is -0.793. The van der Waals surface area contributed by atoms with Crippen molar-refractivity contribution in [2.24, 2.45) is 5.10 Å². The Labute approximate surface area is 141 Å². The van der Waals surface area contributed by atoms with E-state index < -0.39 is 16.5 Å². The van der Waals surface area contributed by atoms with Gasteiger partial charge in [-0.2, -0.15) is 5.10 Å². The van der Waals surface area contributed by atoms with E-state index in [1.54, 1.807) is 6.92 Å². The molecule has 0 atom stereocenters. The molecule has 1 heterocycles. The average molecular weight is 345 g/mol. The lowest BCUT2D eigenvalue weighted by atomic mass is 10.1. The summed E-state index contributed by atoms with van der Waals surface area (Å²) in [5.74, 6) is -0.788. The first kappa shape index (κ1) is 17.9. The lowest BCUT2D eigenvalue weighted by Gasteiger charge is -2.05. The highest BCUT2D eigenvalue weighted by Gasteiger charge is 2.16. The van der Waals surface area contributed by atoms with Crippen LogP contribution in [0.2, 0.25) is 0 Å². The number of aryl methyl sites for hydroxylation is 2. The molecule has 0 fully saturated rings. The summed E-state index contributed by atoms with van der Waals surface area (Å²) in [6, 6.07) is 5.25. The van der Waals surface area contributed by atoms with Gasteiger partial charge in [-0.15, -0.1) is 0 Å². The van der Waals surface area contributed by atoms with Crippen LogP contribution in [0, 0.1) is 24.0 Å². The van der Waals surface area contributed by atoms with Crippen molar-refractivity contribution in [1.29, 1.82) is 0 Å². The first-order valence-electron chi connectivity index (χ1n) is 7.14. The van der Waals surface area contributed by atoms with Crippen LogP contribution in [-0.4, -0.2) is 21.6 Å². The summed E-state index contributed by atoms with van der Waals surface area (Å²) in [7, 11) is 0. The van der Waals surface area contributed by atoms with E-state index in [1.165, 1.54) is 32.0 Å². The molecule has 9 heteroatoms. The van der Waals surface area contributed by atoms with Crippen LogP contribution in [0.3, 0.4) is 0 Å². The molecule has 0 aliphatic heterocycles. The molecule has 0 aliphatic rings. The van der Waals surface area contributed by atoms with Gasteiger partial charge in [0, 0.05) is 23.3 Å². The number of aromatic hydroxyl groups is 1. The Morgan fingerprint density at radius 3 is 2.60 bits per heavy atom. The quantitative estimate of drug-likeness (QED) is 0.494. The van der Waals surface area contributed by atoms with E-state index in [4.69, 9.17) is 4.42 Å². The standard InChI is InChI=1S/C16H15N3O6/c1-8-4-5-11(7-12(8)19(23)24)15(21)18-17-10(3)14-13(20)6-9(2)25-16(14)22/h4-7,20H,1-3H3,(H,18,21). The minimum Gasteiger partial charge on any atom is -0.507 e. The van der Waals surface area contributed by atoms with E-state index in [2.05, 4.69) is 10.5 Å². The molecule has 0 spiro atoms. The van der Waals surface area contributed by atoms with Gasteiger partial charge in [0.15, 0.2) is 0 Å². The second-order valence-corrected chi connectivity index (χ2v) is 5.30. The molecule has 2 N–H and O–H groups in total. The zero-order chi connectivity index (χ0) is 18.7. The largest absolute Gasteiger partial charge is 0.507 e. The maximum Gasteiger partial charge on any atom is 0.348 e. The Balaban J connectivity index is 2.27. The lowest BCUT2D eigenvalue weighted by molar-refractivity contribution is -0.385. The highest BCUT2D eigenvalue weighted by atomic mass is 16.6. The molecular weight excluding hydrogens is 330 g/mol. The van der Waals surface area contributed by atoms with Crippen molar-refractivity contribution in [2.45, 2.75) is 20.8 Å². The summed E-state index contributed by atoms with van der Waals surface area (Å²) < 4.78 is 4.87. The fraction of sp³-hybridized carbons (Fsp3) is 0.188. The predicted octanol–water partition coefficient (Wildman–Crippen LogP) is 2.02. The van der Waals surface area contributed by atoms with E-state index >= 15 is 0 Å². The summed E-state index contributed by atoms with van der Waals surface area (Å²) in [5, 5.41) is 24.5. The minimum absolute atomic E-state index is 0.0289. The van der Waals surface area contributed by atoms with Crippen molar-refractivity contribution in [3.8, 4) is 5.75 Å². The van der Waals surface area contributed by atoms with Crippen molar-refractivity contribution in [3.63, 3.8) is 0 Å². The molecule has 130 valence electrons.